The van der Waals surface area contributed by atoms with Crippen LogP contribution < -0.4 is 10.0 Å². The average Bonchev–Trinajstić information content (AvgIpc) is 2.68. The molecule has 1 aliphatic carbocycles. The Balaban J connectivity index is 1.83. The van der Waals surface area contributed by atoms with E-state index in [9.17, 15) is 22.0 Å². The zero-order chi connectivity index (χ0) is 22.1. The summed E-state index contributed by atoms with van der Waals surface area (Å²) in [7, 11) is -3.94. The van der Waals surface area contributed by atoms with Crippen molar-refractivity contribution in [2.45, 2.75) is 44.0 Å². The van der Waals surface area contributed by atoms with Crippen molar-refractivity contribution in [1.82, 2.24) is 4.72 Å². The predicted octanol–water partition coefficient (Wildman–Crippen LogP) is 4.97. The van der Waals surface area contributed by atoms with E-state index in [2.05, 4.69) is 17.0 Å². The minimum Gasteiger partial charge on any atom is -0.322 e. The highest BCUT2D eigenvalue weighted by molar-refractivity contribution is 7.89. The van der Waals surface area contributed by atoms with E-state index in [0.717, 1.165) is 43.5 Å². The summed E-state index contributed by atoms with van der Waals surface area (Å²) in [6.07, 6.45) is 2.70. The first-order valence-electron chi connectivity index (χ1n) is 9.67. The zero-order valence-electron chi connectivity index (χ0n) is 16.6. The Kier molecular flexibility index (Phi) is 6.79. The number of sulfonamides is 1. The maximum atomic E-state index is 14.3. The van der Waals surface area contributed by atoms with Gasteiger partial charge in [-0.2, -0.15) is 0 Å². The third-order valence-electron chi connectivity index (χ3n) is 5.68. The summed E-state index contributed by atoms with van der Waals surface area (Å²) < 4.78 is 55.9. The number of amides is 1. The van der Waals surface area contributed by atoms with Crippen LogP contribution in [0.15, 0.2) is 41.3 Å². The van der Waals surface area contributed by atoms with E-state index in [-0.39, 0.29) is 27.6 Å². The van der Waals surface area contributed by atoms with Crippen LogP contribution in [0.2, 0.25) is 5.02 Å². The lowest BCUT2D eigenvalue weighted by atomic mass is 9.78. The third kappa shape index (κ3) is 4.99. The predicted molar refractivity (Wildman–Crippen MR) is 112 cm³/mol. The van der Waals surface area contributed by atoms with Crippen molar-refractivity contribution in [2.75, 3.05) is 5.32 Å². The smallest absolute Gasteiger partial charge is 0.258 e. The molecule has 5 nitrogen and oxygen atoms in total. The lowest BCUT2D eigenvalue weighted by molar-refractivity contribution is 0.102. The highest BCUT2D eigenvalue weighted by Crippen LogP contribution is 2.30. The molecule has 0 unspecified atom stereocenters. The quantitative estimate of drug-likeness (QED) is 0.666. The molecule has 30 heavy (non-hydrogen) atoms. The van der Waals surface area contributed by atoms with Crippen molar-refractivity contribution < 1.29 is 22.0 Å². The molecule has 3 rings (SSSR count). The van der Waals surface area contributed by atoms with Crippen LogP contribution in [-0.4, -0.2) is 20.4 Å². The number of hydrogen-bond donors (Lipinski definition) is 2. The van der Waals surface area contributed by atoms with Crippen molar-refractivity contribution in [3.8, 4) is 0 Å². The van der Waals surface area contributed by atoms with E-state index in [4.69, 9.17) is 11.6 Å². The Labute approximate surface area is 179 Å². The van der Waals surface area contributed by atoms with Crippen LogP contribution >= 0.6 is 11.6 Å². The van der Waals surface area contributed by atoms with E-state index in [0.29, 0.717) is 5.92 Å². The molecule has 0 aromatic heterocycles. The van der Waals surface area contributed by atoms with E-state index in [1.165, 1.54) is 12.1 Å². The second kappa shape index (κ2) is 8.99. The Morgan fingerprint density at radius 2 is 1.77 bits per heavy atom. The van der Waals surface area contributed by atoms with Crippen LogP contribution in [0.3, 0.4) is 0 Å². The van der Waals surface area contributed by atoms with Crippen molar-refractivity contribution >= 4 is 33.2 Å². The number of carbonyl (C=O) groups is 1. The molecular formula is C21H23ClF2N2O3S. The fraction of sp³-hybridized carbons (Fsp3) is 0.381. The molecule has 3 atom stereocenters. The molecule has 0 radical (unpaired) electrons. The molecule has 9 heteroatoms. The Morgan fingerprint density at radius 3 is 2.47 bits per heavy atom. The number of benzene rings is 2. The maximum Gasteiger partial charge on any atom is 0.258 e. The van der Waals surface area contributed by atoms with Crippen molar-refractivity contribution in [3.05, 3.63) is 58.6 Å². The van der Waals surface area contributed by atoms with Gasteiger partial charge in [0.2, 0.25) is 10.0 Å². The van der Waals surface area contributed by atoms with Gasteiger partial charge >= 0.3 is 0 Å². The summed E-state index contributed by atoms with van der Waals surface area (Å²) in [6, 6.07) is 6.35. The van der Waals surface area contributed by atoms with Crippen LogP contribution in [0, 0.1) is 23.5 Å². The van der Waals surface area contributed by atoms with Gasteiger partial charge in [0.1, 0.15) is 11.6 Å². The second-order valence-electron chi connectivity index (χ2n) is 7.72. The van der Waals surface area contributed by atoms with E-state index in [1.807, 2.05) is 6.92 Å². The molecule has 2 aromatic carbocycles. The van der Waals surface area contributed by atoms with Gasteiger partial charge < -0.3 is 5.32 Å². The van der Waals surface area contributed by atoms with Crippen molar-refractivity contribution in [2.24, 2.45) is 11.8 Å². The molecule has 0 bridgehead atoms. The average molecular weight is 457 g/mol. The number of rotatable bonds is 5. The Hall–Kier alpha value is -2.03. The Morgan fingerprint density at radius 1 is 1.07 bits per heavy atom. The molecule has 1 saturated carbocycles. The maximum absolute atomic E-state index is 14.3. The van der Waals surface area contributed by atoms with E-state index in [1.54, 1.807) is 0 Å². The first-order valence-corrected chi connectivity index (χ1v) is 11.5. The van der Waals surface area contributed by atoms with E-state index >= 15 is 0 Å². The summed E-state index contributed by atoms with van der Waals surface area (Å²) in [5.41, 5.74) is -0.286. The van der Waals surface area contributed by atoms with Gasteiger partial charge in [-0.1, -0.05) is 38.3 Å². The van der Waals surface area contributed by atoms with Gasteiger partial charge in [-0.3, -0.25) is 4.79 Å². The normalized spacial score (nSPS) is 22.0. The number of carbonyl (C=O) groups excluding carboxylic acids is 1. The molecule has 0 spiro atoms. The molecule has 1 fully saturated rings. The number of halogens is 3. The molecule has 2 aromatic rings. The number of anilines is 1. The van der Waals surface area contributed by atoms with Gasteiger partial charge in [-0.05, 0) is 54.7 Å². The van der Waals surface area contributed by atoms with E-state index < -0.39 is 33.1 Å². The molecular weight excluding hydrogens is 434 g/mol. The third-order valence-corrected chi connectivity index (χ3v) is 7.46. The first kappa shape index (κ1) is 22.7. The molecule has 162 valence electrons. The van der Waals surface area contributed by atoms with Gasteiger partial charge in [-0.25, -0.2) is 21.9 Å². The highest BCUT2D eigenvalue weighted by Gasteiger charge is 2.31. The minimum atomic E-state index is -3.94. The minimum absolute atomic E-state index is 0.155. The van der Waals surface area contributed by atoms with Crippen molar-refractivity contribution in [1.29, 1.82) is 0 Å². The standard InChI is InChI=1S/C21H23ClF2N2O3S/c1-12-4-3-5-20(13(12)2)26-30(28,29)15-7-9-18(23)16(11-15)21(27)25-14-6-8-19(24)17(22)10-14/h6-13,20,26H,3-5H2,1-2H3,(H,25,27)/t12-,13-,20-/m1/s1. The fourth-order valence-electron chi connectivity index (χ4n) is 3.63. The zero-order valence-corrected chi connectivity index (χ0v) is 18.2. The fourth-order valence-corrected chi connectivity index (χ4v) is 5.20. The summed E-state index contributed by atoms with van der Waals surface area (Å²) in [6.45, 7) is 4.10. The highest BCUT2D eigenvalue weighted by atomic mass is 35.5. The first-order chi connectivity index (χ1) is 14.1. The summed E-state index contributed by atoms with van der Waals surface area (Å²) in [4.78, 5) is 12.3. The number of nitrogens with one attached hydrogen (secondary N) is 2. The summed E-state index contributed by atoms with van der Waals surface area (Å²) >= 11 is 5.69. The molecule has 1 aliphatic rings. The molecule has 1 amide bonds. The lowest BCUT2D eigenvalue weighted by Crippen LogP contribution is -2.43. The molecule has 0 aliphatic heterocycles. The second-order valence-corrected chi connectivity index (χ2v) is 9.84. The largest absolute Gasteiger partial charge is 0.322 e. The van der Waals surface area contributed by atoms with Crippen LogP contribution in [0.25, 0.3) is 0 Å². The molecule has 0 heterocycles. The summed E-state index contributed by atoms with van der Waals surface area (Å²) in [5, 5.41) is 2.19. The van der Waals surface area contributed by atoms with Gasteiger partial charge in [0.25, 0.3) is 5.91 Å². The lowest BCUT2D eigenvalue weighted by Gasteiger charge is -2.34. The topological polar surface area (TPSA) is 75.3 Å². The van der Waals surface area contributed by atoms with Gasteiger partial charge in [0.05, 0.1) is 15.5 Å². The SMILES string of the molecule is C[C@@H]1[C@H](C)CCC[C@H]1NS(=O)(=O)c1ccc(F)c(C(=O)Nc2ccc(F)c(Cl)c2)c1. The van der Waals surface area contributed by atoms with Crippen molar-refractivity contribution in [3.63, 3.8) is 0 Å². The van der Waals surface area contributed by atoms with Gasteiger partial charge in [-0.15, -0.1) is 0 Å². The monoisotopic (exact) mass is 456 g/mol. The summed E-state index contributed by atoms with van der Waals surface area (Å²) in [5.74, 6) is -1.85. The Bertz CT molecular complexity index is 1060. The van der Waals surface area contributed by atoms with Crippen LogP contribution in [-0.2, 0) is 10.0 Å². The van der Waals surface area contributed by atoms with Crippen LogP contribution in [0.5, 0.6) is 0 Å². The van der Waals surface area contributed by atoms with Crippen LogP contribution in [0.4, 0.5) is 14.5 Å². The van der Waals surface area contributed by atoms with Gasteiger partial charge in [0.15, 0.2) is 0 Å². The number of hydrogen-bond acceptors (Lipinski definition) is 3. The molecule has 0 saturated heterocycles. The van der Waals surface area contributed by atoms with Gasteiger partial charge in [0, 0.05) is 11.7 Å². The van der Waals surface area contributed by atoms with Crippen LogP contribution in [0.1, 0.15) is 43.5 Å². The molecule has 2 N–H and O–H groups in total.